The van der Waals surface area contributed by atoms with Gasteiger partial charge in [0.2, 0.25) is 0 Å². The highest BCUT2D eigenvalue weighted by Crippen LogP contribution is 2.27. The zero-order valence-electron chi connectivity index (χ0n) is 13.0. The third kappa shape index (κ3) is 4.84. The zero-order valence-corrected chi connectivity index (χ0v) is 14.7. The minimum atomic E-state index is -0.890. The molecule has 2 N–H and O–H groups in total. The summed E-state index contributed by atoms with van der Waals surface area (Å²) < 4.78 is 0. The van der Waals surface area contributed by atoms with Crippen LogP contribution in [0.25, 0.3) is 0 Å². The van der Waals surface area contributed by atoms with Crippen LogP contribution in [0.1, 0.15) is 27.7 Å². The molecule has 0 aliphatic rings. The van der Waals surface area contributed by atoms with E-state index >= 15 is 0 Å². The van der Waals surface area contributed by atoms with E-state index in [0.29, 0.717) is 17.0 Å². The van der Waals surface area contributed by atoms with Gasteiger partial charge in [-0.3, -0.25) is 9.59 Å². The summed E-state index contributed by atoms with van der Waals surface area (Å²) in [6.45, 7) is 4.24. The van der Waals surface area contributed by atoms with Crippen molar-refractivity contribution in [3.05, 3.63) is 51.7 Å². The molecule has 0 saturated heterocycles. The van der Waals surface area contributed by atoms with Gasteiger partial charge in [-0.2, -0.15) is 0 Å². The third-order valence-corrected chi connectivity index (χ3v) is 5.64. The molecule has 1 atom stereocenters. The minimum Gasteiger partial charge on any atom is -0.480 e. The Labute approximate surface area is 143 Å². The van der Waals surface area contributed by atoms with Crippen molar-refractivity contribution in [3.8, 4) is 0 Å². The number of rotatable bonds is 7. The molecule has 1 heterocycles. The molecular formula is C17H19NO3S2. The highest BCUT2D eigenvalue weighted by Gasteiger charge is 2.17. The van der Waals surface area contributed by atoms with Crippen LogP contribution in [0.4, 0.5) is 0 Å². The lowest BCUT2D eigenvalue weighted by molar-refractivity contribution is -0.136. The van der Waals surface area contributed by atoms with Gasteiger partial charge in [-0.1, -0.05) is 12.1 Å². The van der Waals surface area contributed by atoms with E-state index in [1.54, 1.807) is 36.5 Å². The Balaban J connectivity index is 1.99. The van der Waals surface area contributed by atoms with Gasteiger partial charge >= 0.3 is 5.97 Å². The Kier molecular flexibility index (Phi) is 6.24. The van der Waals surface area contributed by atoms with Gasteiger partial charge in [-0.05, 0) is 49.4 Å². The largest absolute Gasteiger partial charge is 0.480 e. The number of thioether (sulfide) groups is 1. The number of thiophene rings is 1. The molecule has 0 bridgehead atoms. The predicted octanol–water partition coefficient (Wildman–Crippen LogP) is 3.59. The SMILES string of the molecule is Cc1ccsc1CCNC(=O)c1ccccc1SC(C)C(=O)O. The van der Waals surface area contributed by atoms with E-state index in [4.69, 9.17) is 5.11 Å². The van der Waals surface area contributed by atoms with Crippen LogP contribution in [-0.4, -0.2) is 28.8 Å². The highest BCUT2D eigenvalue weighted by atomic mass is 32.2. The molecule has 4 nitrogen and oxygen atoms in total. The predicted molar refractivity (Wildman–Crippen MR) is 94.5 cm³/mol. The van der Waals surface area contributed by atoms with Crippen LogP contribution < -0.4 is 5.32 Å². The van der Waals surface area contributed by atoms with E-state index in [1.165, 1.54) is 22.2 Å². The maximum atomic E-state index is 12.4. The van der Waals surface area contributed by atoms with Crippen molar-refractivity contribution in [1.29, 1.82) is 0 Å². The van der Waals surface area contributed by atoms with Crippen molar-refractivity contribution >= 4 is 35.0 Å². The molecule has 0 aliphatic carbocycles. The van der Waals surface area contributed by atoms with Crippen LogP contribution in [0, 0.1) is 6.92 Å². The zero-order chi connectivity index (χ0) is 16.8. The number of hydrogen-bond acceptors (Lipinski definition) is 4. The first kappa shape index (κ1) is 17.6. The maximum absolute atomic E-state index is 12.4. The normalized spacial score (nSPS) is 11.9. The van der Waals surface area contributed by atoms with Gasteiger partial charge in [0.25, 0.3) is 5.91 Å². The lowest BCUT2D eigenvalue weighted by Gasteiger charge is -2.11. The van der Waals surface area contributed by atoms with Crippen LogP contribution in [0.2, 0.25) is 0 Å². The van der Waals surface area contributed by atoms with Crippen molar-refractivity contribution in [3.63, 3.8) is 0 Å². The van der Waals surface area contributed by atoms with E-state index < -0.39 is 11.2 Å². The summed E-state index contributed by atoms with van der Waals surface area (Å²) in [6, 6.07) is 9.17. The molecule has 6 heteroatoms. The fourth-order valence-corrected chi connectivity index (χ4v) is 3.88. The number of hydrogen-bond donors (Lipinski definition) is 2. The Hall–Kier alpha value is -1.79. The Morgan fingerprint density at radius 2 is 2.04 bits per heavy atom. The van der Waals surface area contributed by atoms with Crippen LogP contribution in [0.3, 0.4) is 0 Å². The molecule has 1 amide bonds. The van der Waals surface area contributed by atoms with Crippen LogP contribution >= 0.6 is 23.1 Å². The lowest BCUT2D eigenvalue weighted by atomic mass is 10.2. The molecule has 0 saturated carbocycles. The smallest absolute Gasteiger partial charge is 0.316 e. The van der Waals surface area contributed by atoms with Crippen molar-refractivity contribution in [2.75, 3.05) is 6.54 Å². The Bertz CT molecular complexity index is 697. The van der Waals surface area contributed by atoms with Crippen LogP contribution in [-0.2, 0) is 11.2 Å². The summed E-state index contributed by atoms with van der Waals surface area (Å²) in [7, 11) is 0. The van der Waals surface area contributed by atoms with Crippen molar-refractivity contribution in [2.45, 2.75) is 30.4 Å². The second kappa shape index (κ2) is 8.17. The number of carboxylic acid groups (broad SMARTS) is 1. The minimum absolute atomic E-state index is 0.167. The molecule has 1 aromatic carbocycles. The number of benzene rings is 1. The molecule has 0 fully saturated rings. The molecule has 2 aromatic rings. The van der Waals surface area contributed by atoms with E-state index in [0.717, 1.165) is 6.42 Å². The molecule has 122 valence electrons. The Morgan fingerprint density at radius 3 is 2.70 bits per heavy atom. The number of carbonyl (C=O) groups is 2. The molecule has 1 unspecified atom stereocenters. The summed E-state index contributed by atoms with van der Waals surface area (Å²) in [6.07, 6.45) is 0.802. The molecule has 0 radical (unpaired) electrons. The van der Waals surface area contributed by atoms with Gasteiger partial charge < -0.3 is 10.4 Å². The van der Waals surface area contributed by atoms with Gasteiger partial charge in [-0.15, -0.1) is 23.1 Å². The highest BCUT2D eigenvalue weighted by molar-refractivity contribution is 8.00. The number of aliphatic carboxylic acids is 1. The van der Waals surface area contributed by atoms with E-state index in [1.807, 2.05) is 11.4 Å². The maximum Gasteiger partial charge on any atom is 0.316 e. The summed E-state index contributed by atoms with van der Waals surface area (Å²) in [5.74, 6) is -1.06. The number of carbonyl (C=O) groups excluding carboxylic acids is 1. The first-order valence-electron chi connectivity index (χ1n) is 7.28. The fourth-order valence-electron chi connectivity index (χ4n) is 2.04. The molecule has 23 heavy (non-hydrogen) atoms. The number of nitrogens with one attached hydrogen (secondary N) is 1. The van der Waals surface area contributed by atoms with Gasteiger partial charge in [0, 0.05) is 16.3 Å². The average Bonchev–Trinajstić information content (AvgIpc) is 2.93. The summed E-state index contributed by atoms with van der Waals surface area (Å²) in [4.78, 5) is 25.3. The van der Waals surface area contributed by atoms with Gasteiger partial charge in [0.1, 0.15) is 5.25 Å². The van der Waals surface area contributed by atoms with Gasteiger partial charge in [0.05, 0.1) is 5.56 Å². The van der Waals surface area contributed by atoms with E-state index in [2.05, 4.69) is 18.3 Å². The first-order chi connectivity index (χ1) is 11.0. The van der Waals surface area contributed by atoms with E-state index in [9.17, 15) is 9.59 Å². The third-order valence-electron chi connectivity index (χ3n) is 3.39. The fraction of sp³-hybridized carbons (Fsp3) is 0.294. The molecule has 0 aliphatic heterocycles. The Morgan fingerprint density at radius 1 is 1.30 bits per heavy atom. The topological polar surface area (TPSA) is 66.4 Å². The standard InChI is InChI=1S/C17H19NO3S2/c1-11-8-10-22-14(11)7-9-18-16(19)13-5-3-4-6-15(13)23-12(2)17(20)21/h3-6,8,10,12H,7,9H2,1-2H3,(H,18,19)(H,20,21). The average molecular weight is 349 g/mol. The molecule has 0 spiro atoms. The monoisotopic (exact) mass is 349 g/mol. The molecule has 1 aromatic heterocycles. The quantitative estimate of drug-likeness (QED) is 0.750. The van der Waals surface area contributed by atoms with Crippen LogP contribution in [0.15, 0.2) is 40.6 Å². The van der Waals surface area contributed by atoms with E-state index in [-0.39, 0.29) is 5.91 Å². The summed E-state index contributed by atoms with van der Waals surface area (Å²) in [5, 5.41) is 13.4. The number of carboxylic acids is 1. The number of aryl methyl sites for hydroxylation is 1. The lowest BCUT2D eigenvalue weighted by Crippen LogP contribution is -2.26. The van der Waals surface area contributed by atoms with Crippen molar-refractivity contribution in [2.24, 2.45) is 0 Å². The van der Waals surface area contributed by atoms with Gasteiger partial charge in [0.15, 0.2) is 0 Å². The van der Waals surface area contributed by atoms with Gasteiger partial charge in [-0.25, -0.2) is 0 Å². The second-order valence-corrected chi connectivity index (χ2v) is 7.51. The first-order valence-corrected chi connectivity index (χ1v) is 9.04. The number of amides is 1. The van der Waals surface area contributed by atoms with Crippen LogP contribution in [0.5, 0.6) is 0 Å². The van der Waals surface area contributed by atoms with Crippen molar-refractivity contribution < 1.29 is 14.7 Å². The molecule has 2 rings (SSSR count). The molecular weight excluding hydrogens is 330 g/mol. The summed E-state index contributed by atoms with van der Waals surface area (Å²) in [5.41, 5.74) is 1.77. The summed E-state index contributed by atoms with van der Waals surface area (Å²) >= 11 is 2.87. The van der Waals surface area contributed by atoms with Crippen molar-refractivity contribution in [1.82, 2.24) is 5.32 Å². The second-order valence-electron chi connectivity index (χ2n) is 5.13.